The molecule has 0 amide bonds. The molecule has 4 aromatic rings. The van der Waals surface area contributed by atoms with Gasteiger partial charge in [-0.05, 0) is 66.3 Å². The summed E-state index contributed by atoms with van der Waals surface area (Å²) in [7, 11) is 0. The van der Waals surface area contributed by atoms with Crippen molar-refractivity contribution in [2.45, 2.75) is 41.2 Å². The Kier molecular flexibility index (Phi) is 6.06. The number of morpholine rings is 1. The Balaban J connectivity index is 1.08. The van der Waals surface area contributed by atoms with Crippen molar-refractivity contribution in [1.29, 1.82) is 0 Å². The Morgan fingerprint density at radius 2 is 2.03 bits per heavy atom. The summed E-state index contributed by atoms with van der Waals surface area (Å²) in [6.45, 7) is 2.54. The molecule has 4 heterocycles. The third-order valence-corrected chi connectivity index (χ3v) is 8.38. The van der Waals surface area contributed by atoms with Gasteiger partial charge in [-0.2, -0.15) is 0 Å². The number of H-pyrrole nitrogens is 1. The van der Waals surface area contributed by atoms with Crippen LogP contribution in [0.5, 0.6) is 11.5 Å². The van der Waals surface area contributed by atoms with Gasteiger partial charge in [-0.1, -0.05) is 30.0 Å². The number of hydrogen-bond acceptors (Lipinski definition) is 7. The summed E-state index contributed by atoms with van der Waals surface area (Å²) in [5, 5.41) is 3.55. The van der Waals surface area contributed by atoms with Crippen molar-refractivity contribution in [2.75, 3.05) is 29.9 Å². The molecule has 2 aromatic carbocycles. The number of para-hydroxylation sites is 1. The molecule has 192 valence electrons. The molecule has 1 aliphatic carbocycles. The van der Waals surface area contributed by atoms with Crippen molar-refractivity contribution >= 4 is 23.1 Å². The van der Waals surface area contributed by atoms with Gasteiger partial charge in [-0.3, -0.25) is 9.78 Å². The van der Waals surface area contributed by atoms with Crippen molar-refractivity contribution in [3.05, 3.63) is 100 Å². The van der Waals surface area contributed by atoms with Crippen LogP contribution in [0.1, 0.15) is 41.6 Å². The number of nitrogens with one attached hydrogen (secondary N) is 2. The molecular formula is C30H28N4O3S. The number of hydrogen-bond donors (Lipinski definition) is 2. The van der Waals surface area contributed by atoms with E-state index in [2.05, 4.69) is 56.6 Å². The quantitative estimate of drug-likeness (QED) is 0.278. The Bertz CT molecular complexity index is 1550. The van der Waals surface area contributed by atoms with Gasteiger partial charge in [0.2, 0.25) is 0 Å². The SMILES string of the molecule is O=c1[nH]cccc1N1CCOC(c2cccc3c2Oc2ccc(NCc4cncc(C5CC5)c4)cc2S3)C1. The Hall–Kier alpha value is -3.75. The zero-order valence-corrected chi connectivity index (χ0v) is 21.7. The van der Waals surface area contributed by atoms with E-state index in [-0.39, 0.29) is 11.7 Å². The second-order valence-electron chi connectivity index (χ2n) is 9.98. The fraction of sp³-hybridized carbons (Fsp3) is 0.267. The number of anilines is 2. The molecular weight excluding hydrogens is 496 g/mol. The lowest BCUT2D eigenvalue weighted by atomic mass is 10.1. The van der Waals surface area contributed by atoms with Crippen LogP contribution in [0.2, 0.25) is 0 Å². The van der Waals surface area contributed by atoms with Crippen molar-refractivity contribution < 1.29 is 9.47 Å². The highest BCUT2D eigenvalue weighted by Crippen LogP contribution is 2.50. The normalized spacial score (nSPS) is 18.3. The maximum Gasteiger partial charge on any atom is 0.271 e. The molecule has 3 aliphatic rings. The molecule has 2 fully saturated rings. The van der Waals surface area contributed by atoms with Crippen LogP contribution in [0, 0.1) is 0 Å². The van der Waals surface area contributed by atoms with E-state index in [9.17, 15) is 4.79 Å². The molecule has 2 N–H and O–H groups in total. The van der Waals surface area contributed by atoms with E-state index in [0.29, 0.717) is 31.3 Å². The van der Waals surface area contributed by atoms with E-state index in [4.69, 9.17) is 9.47 Å². The fourth-order valence-corrected chi connectivity index (χ4v) is 6.18. The van der Waals surface area contributed by atoms with Crippen LogP contribution in [0.3, 0.4) is 0 Å². The Morgan fingerprint density at radius 1 is 1.08 bits per heavy atom. The first-order chi connectivity index (χ1) is 18.7. The summed E-state index contributed by atoms with van der Waals surface area (Å²) < 4.78 is 12.6. The standard InChI is InChI=1S/C30H28N4O3S/c35-30-24(4-2-10-32-30)34-11-12-36-26(18-34)23-3-1-5-27-29(23)37-25-9-8-22(14-28(25)38-27)33-16-19-13-21(17-31-15-19)20-6-7-20/h1-5,8-10,13-15,17,20,26,33H,6-7,11-12,16,18H2,(H,32,35). The average Bonchev–Trinajstić information content (AvgIpc) is 3.81. The van der Waals surface area contributed by atoms with Gasteiger partial charge in [-0.15, -0.1) is 0 Å². The highest BCUT2D eigenvalue weighted by Gasteiger charge is 2.30. The van der Waals surface area contributed by atoms with Gasteiger partial charge in [0, 0.05) is 49.5 Å². The van der Waals surface area contributed by atoms with Crippen molar-refractivity contribution in [2.24, 2.45) is 0 Å². The largest absolute Gasteiger partial charge is 0.455 e. The molecule has 2 aliphatic heterocycles. The molecule has 0 radical (unpaired) electrons. The topological polar surface area (TPSA) is 79.5 Å². The minimum Gasteiger partial charge on any atom is -0.455 e. The van der Waals surface area contributed by atoms with Crippen LogP contribution in [0.15, 0.2) is 87.8 Å². The second-order valence-corrected chi connectivity index (χ2v) is 11.1. The average molecular weight is 525 g/mol. The summed E-state index contributed by atoms with van der Waals surface area (Å²) in [6.07, 6.45) is 7.96. The van der Waals surface area contributed by atoms with Crippen molar-refractivity contribution in [3.63, 3.8) is 0 Å². The van der Waals surface area contributed by atoms with Crippen molar-refractivity contribution in [1.82, 2.24) is 9.97 Å². The third-order valence-electron chi connectivity index (χ3n) is 7.30. The third kappa shape index (κ3) is 4.66. The van der Waals surface area contributed by atoms with Crippen LogP contribution in [0.25, 0.3) is 0 Å². The summed E-state index contributed by atoms with van der Waals surface area (Å²) >= 11 is 1.71. The number of nitrogens with zero attached hydrogens (tertiary/aromatic N) is 2. The van der Waals surface area contributed by atoms with Crippen LogP contribution >= 0.6 is 11.8 Å². The van der Waals surface area contributed by atoms with Crippen LogP contribution in [0.4, 0.5) is 11.4 Å². The molecule has 1 saturated carbocycles. The lowest BCUT2D eigenvalue weighted by Crippen LogP contribution is -2.41. The van der Waals surface area contributed by atoms with Gasteiger partial charge < -0.3 is 24.7 Å². The molecule has 2 aromatic heterocycles. The number of ether oxygens (including phenoxy) is 2. The van der Waals surface area contributed by atoms with Gasteiger partial charge in [0.05, 0.1) is 16.4 Å². The van der Waals surface area contributed by atoms with Gasteiger partial charge in [-0.25, -0.2) is 0 Å². The predicted octanol–water partition coefficient (Wildman–Crippen LogP) is 6.09. The number of benzene rings is 2. The van der Waals surface area contributed by atoms with Crippen LogP contribution in [-0.2, 0) is 11.3 Å². The van der Waals surface area contributed by atoms with E-state index < -0.39 is 0 Å². The number of fused-ring (bicyclic) bond motifs is 2. The van der Waals surface area contributed by atoms with Crippen LogP contribution in [-0.4, -0.2) is 29.7 Å². The van der Waals surface area contributed by atoms with Crippen LogP contribution < -0.4 is 20.5 Å². The molecule has 0 bridgehead atoms. The Labute approximate surface area is 225 Å². The maximum atomic E-state index is 12.4. The van der Waals surface area contributed by atoms with E-state index in [1.807, 2.05) is 30.6 Å². The van der Waals surface area contributed by atoms with E-state index in [0.717, 1.165) is 39.1 Å². The van der Waals surface area contributed by atoms with Gasteiger partial charge in [0.1, 0.15) is 23.3 Å². The zero-order chi connectivity index (χ0) is 25.5. The fourth-order valence-electron chi connectivity index (χ4n) is 5.15. The number of aromatic nitrogens is 2. The zero-order valence-electron chi connectivity index (χ0n) is 20.9. The molecule has 8 heteroatoms. The molecule has 1 atom stereocenters. The first-order valence-electron chi connectivity index (χ1n) is 13.1. The van der Waals surface area contributed by atoms with Crippen molar-refractivity contribution in [3.8, 4) is 11.5 Å². The molecule has 1 saturated heterocycles. The monoisotopic (exact) mass is 524 g/mol. The Morgan fingerprint density at radius 3 is 2.92 bits per heavy atom. The molecule has 38 heavy (non-hydrogen) atoms. The van der Waals surface area contributed by atoms with E-state index >= 15 is 0 Å². The smallest absolute Gasteiger partial charge is 0.271 e. The van der Waals surface area contributed by atoms with Gasteiger partial charge in [0.15, 0.2) is 0 Å². The number of aromatic amines is 1. The summed E-state index contributed by atoms with van der Waals surface area (Å²) in [5.41, 5.74) is 5.19. The summed E-state index contributed by atoms with van der Waals surface area (Å²) in [5.74, 6) is 2.38. The number of pyridine rings is 2. The first-order valence-corrected chi connectivity index (χ1v) is 13.9. The molecule has 7 nitrogen and oxygen atoms in total. The molecule has 0 spiro atoms. The van der Waals surface area contributed by atoms with Gasteiger partial charge in [0.25, 0.3) is 5.56 Å². The van der Waals surface area contributed by atoms with E-state index in [1.54, 1.807) is 18.0 Å². The molecule has 7 rings (SSSR count). The lowest BCUT2D eigenvalue weighted by Gasteiger charge is -2.35. The highest BCUT2D eigenvalue weighted by molar-refractivity contribution is 7.99. The molecule has 1 unspecified atom stereocenters. The summed E-state index contributed by atoms with van der Waals surface area (Å²) in [4.78, 5) is 23.8. The minimum atomic E-state index is -0.193. The van der Waals surface area contributed by atoms with E-state index in [1.165, 1.54) is 24.0 Å². The maximum absolute atomic E-state index is 12.4. The highest BCUT2D eigenvalue weighted by atomic mass is 32.2. The lowest BCUT2D eigenvalue weighted by molar-refractivity contribution is 0.0382. The van der Waals surface area contributed by atoms with Gasteiger partial charge >= 0.3 is 0 Å². The summed E-state index contributed by atoms with van der Waals surface area (Å²) in [6, 6.07) is 18.4. The first kappa shape index (κ1) is 23.4. The predicted molar refractivity (Wildman–Crippen MR) is 149 cm³/mol. The minimum absolute atomic E-state index is 0.0831. The second kappa shape index (κ2) is 9.85. The number of rotatable bonds is 6.